The van der Waals surface area contributed by atoms with Crippen molar-refractivity contribution in [3.8, 4) is 0 Å². The Kier molecular flexibility index (Phi) is 6.02. The predicted octanol–water partition coefficient (Wildman–Crippen LogP) is 1.67. The molecule has 5 heteroatoms. The first-order valence-electron chi connectivity index (χ1n) is 4.12. The van der Waals surface area contributed by atoms with Crippen molar-refractivity contribution < 1.29 is 14.7 Å². The van der Waals surface area contributed by atoms with Gasteiger partial charge in [-0.3, -0.25) is 4.79 Å². The molecule has 0 fully saturated rings. The highest BCUT2D eigenvalue weighted by Crippen LogP contribution is 2.14. The van der Waals surface area contributed by atoms with Crippen molar-refractivity contribution in [2.24, 2.45) is 5.92 Å². The van der Waals surface area contributed by atoms with Crippen LogP contribution in [0.4, 0.5) is 4.79 Å². The number of nitrogens with one attached hydrogen (secondary N) is 1. The lowest BCUT2D eigenvalue weighted by Crippen LogP contribution is -2.35. The SMILES string of the molecule is CCC(=O)C(CNC(=O)O)C(C)I. The normalized spacial score (nSPS) is 14.7. The molecule has 0 radical (unpaired) electrons. The van der Waals surface area contributed by atoms with E-state index in [9.17, 15) is 9.59 Å². The molecule has 13 heavy (non-hydrogen) atoms. The molecule has 0 heterocycles. The zero-order valence-corrected chi connectivity index (χ0v) is 9.87. The van der Waals surface area contributed by atoms with Crippen molar-refractivity contribution in [2.75, 3.05) is 6.54 Å². The van der Waals surface area contributed by atoms with Crippen molar-refractivity contribution >= 4 is 34.5 Å². The van der Waals surface area contributed by atoms with E-state index in [-0.39, 0.29) is 22.2 Å². The van der Waals surface area contributed by atoms with Crippen molar-refractivity contribution in [1.82, 2.24) is 5.32 Å². The molecular formula is C8H14INO3. The number of carbonyl (C=O) groups excluding carboxylic acids is 1. The summed E-state index contributed by atoms with van der Waals surface area (Å²) < 4.78 is 0.150. The molecule has 0 aromatic rings. The molecule has 0 saturated carbocycles. The molecular weight excluding hydrogens is 285 g/mol. The summed E-state index contributed by atoms with van der Waals surface area (Å²) in [6, 6.07) is 0. The summed E-state index contributed by atoms with van der Waals surface area (Å²) >= 11 is 2.14. The van der Waals surface area contributed by atoms with Gasteiger partial charge in [0.2, 0.25) is 0 Å². The van der Waals surface area contributed by atoms with E-state index in [1.165, 1.54) is 0 Å². The summed E-state index contributed by atoms with van der Waals surface area (Å²) in [4.78, 5) is 21.5. The minimum atomic E-state index is -1.08. The standard InChI is InChI=1S/C8H14INO3/c1-3-7(11)6(5(2)9)4-10-8(12)13/h5-6,10H,3-4H2,1-2H3,(H,12,13). The summed E-state index contributed by atoms with van der Waals surface area (Å²) in [5, 5.41) is 10.6. The molecule has 0 aromatic carbocycles. The second-order valence-electron chi connectivity index (χ2n) is 2.79. The Labute approximate surface area is 91.2 Å². The van der Waals surface area contributed by atoms with Crippen LogP contribution in [-0.2, 0) is 4.79 Å². The number of amides is 1. The Morgan fingerprint density at radius 2 is 2.08 bits per heavy atom. The highest BCUT2D eigenvalue weighted by Gasteiger charge is 2.21. The minimum Gasteiger partial charge on any atom is -0.465 e. The molecule has 0 spiro atoms. The number of halogens is 1. The fourth-order valence-electron chi connectivity index (χ4n) is 0.992. The van der Waals surface area contributed by atoms with Gasteiger partial charge in [0.15, 0.2) is 0 Å². The van der Waals surface area contributed by atoms with Gasteiger partial charge in [-0.2, -0.15) is 0 Å². The van der Waals surface area contributed by atoms with E-state index in [2.05, 4.69) is 27.9 Å². The van der Waals surface area contributed by atoms with E-state index in [0.717, 1.165) is 0 Å². The highest BCUT2D eigenvalue weighted by molar-refractivity contribution is 14.1. The van der Waals surface area contributed by atoms with E-state index < -0.39 is 6.09 Å². The summed E-state index contributed by atoms with van der Waals surface area (Å²) in [5.74, 6) is -0.0997. The van der Waals surface area contributed by atoms with Crippen LogP contribution in [0.3, 0.4) is 0 Å². The Hall–Kier alpha value is -0.330. The number of ketones is 1. The van der Waals surface area contributed by atoms with Crippen LogP contribution >= 0.6 is 22.6 Å². The zero-order chi connectivity index (χ0) is 10.4. The van der Waals surface area contributed by atoms with E-state index in [1.54, 1.807) is 6.92 Å². The molecule has 2 unspecified atom stereocenters. The third-order valence-corrected chi connectivity index (χ3v) is 2.66. The molecule has 0 bridgehead atoms. The van der Waals surface area contributed by atoms with E-state index >= 15 is 0 Å². The molecule has 0 rings (SSSR count). The summed E-state index contributed by atoms with van der Waals surface area (Å²) in [5.41, 5.74) is 0. The largest absolute Gasteiger partial charge is 0.465 e. The van der Waals surface area contributed by atoms with Crippen LogP contribution in [0.5, 0.6) is 0 Å². The van der Waals surface area contributed by atoms with Crippen molar-refractivity contribution in [3.05, 3.63) is 0 Å². The van der Waals surface area contributed by atoms with E-state index in [1.807, 2.05) is 6.92 Å². The van der Waals surface area contributed by atoms with Gasteiger partial charge in [0.05, 0.1) is 0 Å². The van der Waals surface area contributed by atoms with Gasteiger partial charge in [-0.15, -0.1) is 0 Å². The summed E-state index contributed by atoms with van der Waals surface area (Å²) in [6.45, 7) is 3.91. The number of hydrogen-bond donors (Lipinski definition) is 2. The van der Waals surface area contributed by atoms with Crippen LogP contribution in [0.1, 0.15) is 20.3 Å². The van der Waals surface area contributed by atoms with Gasteiger partial charge < -0.3 is 10.4 Å². The number of rotatable bonds is 5. The molecule has 4 nitrogen and oxygen atoms in total. The first-order valence-corrected chi connectivity index (χ1v) is 5.37. The van der Waals surface area contributed by atoms with Crippen molar-refractivity contribution in [3.63, 3.8) is 0 Å². The Morgan fingerprint density at radius 1 is 1.54 bits per heavy atom. The number of carboxylic acid groups (broad SMARTS) is 1. The maximum absolute atomic E-state index is 11.3. The zero-order valence-electron chi connectivity index (χ0n) is 7.71. The summed E-state index contributed by atoms with van der Waals surface area (Å²) in [7, 11) is 0. The topological polar surface area (TPSA) is 66.4 Å². The van der Waals surface area contributed by atoms with E-state index in [4.69, 9.17) is 5.11 Å². The van der Waals surface area contributed by atoms with E-state index in [0.29, 0.717) is 6.42 Å². The first-order chi connectivity index (χ1) is 5.99. The van der Waals surface area contributed by atoms with Gasteiger partial charge in [-0.1, -0.05) is 36.4 Å². The fourth-order valence-corrected chi connectivity index (χ4v) is 1.65. The maximum Gasteiger partial charge on any atom is 0.404 e. The average molecular weight is 299 g/mol. The molecule has 0 aliphatic carbocycles. The third-order valence-electron chi connectivity index (χ3n) is 1.79. The highest BCUT2D eigenvalue weighted by atomic mass is 127. The van der Waals surface area contributed by atoms with Crippen LogP contribution in [0.25, 0.3) is 0 Å². The molecule has 0 aromatic heterocycles. The predicted molar refractivity (Wildman–Crippen MR) is 58.3 cm³/mol. The van der Waals surface area contributed by atoms with Gasteiger partial charge in [0, 0.05) is 22.8 Å². The van der Waals surface area contributed by atoms with Crippen LogP contribution in [0.2, 0.25) is 0 Å². The lowest BCUT2D eigenvalue weighted by molar-refractivity contribution is -0.122. The molecule has 76 valence electrons. The van der Waals surface area contributed by atoms with Gasteiger partial charge in [-0.25, -0.2) is 4.79 Å². The maximum atomic E-state index is 11.3. The first kappa shape index (κ1) is 12.7. The number of alkyl halides is 1. The average Bonchev–Trinajstić information content (AvgIpc) is 2.03. The van der Waals surface area contributed by atoms with Crippen LogP contribution < -0.4 is 5.32 Å². The molecule has 0 aliphatic rings. The van der Waals surface area contributed by atoms with Crippen LogP contribution in [-0.4, -0.2) is 27.5 Å². The lowest BCUT2D eigenvalue weighted by atomic mass is 9.99. The van der Waals surface area contributed by atoms with Gasteiger partial charge in [0.1, 0.15) is 5.78 Å². The molecule has 1 amide bonds. The van der Waals surface area contributed by atoms with Crippen LogP contribution in [0.15, 0.2) is 0 Å². The van der Waals surface area contributed by atoms with Crippen molar-refractivity contribution in [2.45, 2.75) is 24.2 Å². The molecule has 2 atom stereocenters. The third kappa shape index (κ3) is 5.07. The molecule has 0 aliphatic heterocycles. The smallest absolute Gasteiger partial charge is 0.404 e. The second kappa shape index (κ2) is 6.17. The molecule has 0 saturated heterocycles. The molecule has 2 N–H and O–H groups in total. The minimum absolute atomic E-state index is 0.107. The van der Waals surface area contributed by atoms with Gasteiger partial charge in [0.25, 0.3) is 0 Å². The lowest BCUT2D eigenvalue weighted by Gasteiger charge is -2.16. The van der Waals surface area contributed by atoms with Gasteiger partial charge >= 0.3 is 6.09 Å². The van der Waals surface area contributed by atoms with Crippen LogP contribution in [0, 0.1) is 5.92 Å². The Morgan fingerprint density at radius 3 is 2.38 bits per heavy atom. The van der Waals surface area contributed by atoms with Crippen molar-refractivity contribution in [1.29, 1.82) is 0 Å². The Bertz CT molecular complexity index is 194. The quantitative estimate of drug-likeness (QED) is 0.599. The van der Waals surface area contributed by atoms with Gasteiger partial charge in [-0.05, 0) is 0 Å². The number of Topliss-reactive ketones (excluding diaryl/α,β-unsaturated/α-hetero) is 1. The fraction of sp³-hybridized carbons (Fsp3) is 0.750. The Balaban J connectivity index is 4.10. The summed E-state index contributed by atoms with van der Waals surface area (Å²) in [6.07, 6.45) is -0.620. The number of hydrogen-bond acceptors (Lipinski definition) is 2. The second-order valence-corrected chi connectivity index (χ2v) is 4.75. The number of carbonyl (C=O) groups is 2. The monoisotopic (exact) mass is 299 g/mol.